The van der Waals surface area contributed by atoms with Crippen molar-refractivity contribution < 1.29 is 9.84 Å². The highest BCUT2D eigenvalue weighted by Crippen LogP contribution is 2.10. The molecule has 2 rings (SSSR count). The zero-order valence-electron chi connectivity index (χ0n) is 11.5. The predicted octanol–water partition coefficient (Wildman–Crippen LogP) is 0.127. The first-order chi connectivity index (χ1) is 9.33. The lowest BCUT2D eigenvalue weighted by Crippen LogP contribution is -2.37. The summed E-state index contributed by atoms with van der Waals surface area (Å²) in [6.07, 6.45) is 3.75. The zero-order chi connectivity index (χ0) is 13.5. The van der Waals surface area contributed by atoms with Crippen LogP contribution >= 0.6 is 0 Å². The van der Waals surface area contributed by atoms with Crippen LogP contribution < -0.4 is 4.90 Å². The molecule has 1 aliphatic heterocycles. The average Bonchev–Trinajstić information content (AvgIpc) is 2.48. The first-order valence-electron chi connectivity index (χ1n) is 6.80. The van der Waals surface area contributed by atoms with Crippen molar-refractivity contribution in [3.8, 4) is 0 Å². The Morgan fingerprint density at radius 2 is 2.00 bits per heavy atom. The van der Waals surface area contributed by atoms with Gasteiger partial charge in [-0.3, -0.25) is 4.90 Å². The summed E-state index contributed by atoms with van der Waals surface area (Å²) in [5.74, 6) is 0.775. The number of ether oxygens (including phenoxy) is 1. The minimum absolute atomic E-state index is 0.181. The van der Waals surface area contributed by atoms with Gasteiger partial charge in [-0.15, -0.1) is 0 Å². The van der Waals surface area contributed by atoms with E-state index in [1.165, 1.54) is 0 Å². The van der Waals surface area contributed by atoms with E-state index in [9.17, 15) is 0 Å². The molecule has 1 N–H and O–H groups in total. The molecular weight excluding hydrogens is 244 g/mol. The molecule has 0 aromatic carbocycles. The van der Waals surface area contributed by atoms with Crippen LogP contribution in [0.2, 0.25) is 0 Å². The normalized spacial score (nSPS) is 16.1. The molecule has 1 fully saturated rings. The molecule has 0 amide bonds. The molecule has 1 aromatic rings. The Labute approximate surface area is 114 Å². The molecule has 0 unspecified atom stereocenters. The number of rotatable bonds is 6. The van der Waals surface area contributed by atoms with Gasteiger partial charge in [0.15, 0.2) is 0 Å². The molecule has 6 heteroatoms. The second-order valence-corrected chi connectivity index (χ2v) is 4.58. The Kier molecular flexibility index (Phi) is 5.50. The van der Waals surface area contributed by atoms with E-state index >= 15 is 0 Å². The van der Waals surface area contributed by atoms with Crippen LogP contribution in [0.25, 0.3) is 0 Å². The number of aromatic nitrogens is 2. The molecule has 1 aromatic heterocycles. The smallest absolute Gasteiger partial charge is 0.225 e. The number of morpholine rings is 1. The number of aliphatic hydroxyl groups excluding tert-OH is 1. The lowest BCUT2D eigenvalue weighted by atomic mass is 10.3. The van der Waals surface area contributed by atoms with Crippen molar-refractivity contribution in [3.05, 3.63) is 18.0 Å². The monoisotopic (exact) mass is 266 g/mol. The van der Waals surface area contributed by atoms with Gasteiger partial charge >= 0.3 is 0 Å². The van der Waals surface area contributed by atoms with Gasteiger partial charge in [0.05, 0.1) is 19.8 Å². The van der Waals surface area contributed by atoms with E-state index in [1.54, 1.807) is 0 Å². The molecule has 0 saturated carbocycles. The third-order valence-electron chi connectivity index (χ3n) is 3.26. The van der Waals surface area contributed by atoms with Crippen LogP contribution in [0, 0.1) is 0 Å². The second-order valence-electron chi connectivity index (χ2n) is 4.58. The Bertz CT molecular complexity index is 365. The third-order valence-corrected chi connectivity index (χ3v) is 3.26. The van der Waals surface area contributed by atoms with Gasteiger partial charge in [-0.1, -0.05) is 6.92 Å². The maximum Gasteiger partial charge on any atom is 0.225 e. The third kappa shape index (κ3) is 4.12. The van der Waals surface area contributed by atoms with Gasteiger partial charge in [0.2, 0.25) is 5.95 Å². The molecule has 1 aliphatic rings. The maximum atomic E-state index is 8.97. The molecule has 19 heavy (non-hydrogen) atoms. The fourth-order valence-corrected chi connectivity index (χ4v) is 2.10. The van der Waals surface area contributed by atoms with Crippen molar-refractivity contribution in [1.82, 2.24) is 14.9 Å². The van der Waals surface area contributed by atoms with E-state index in [2.05, 4.69) is 26.7 Å². The fraction of sp³-hybridized carbons (Fsp3) is 0.692. The molecule has 6 nitrogen and oxygen atoms in total. The number of nitrogens with zero attached hydrogens (tertiary/aromatic N) is 4. The van der Waals surface area contributed by atoms with E-state index in [-0.39, 0.29) is 6.61 Å². The van der Waals surface area contributed by atoms with Crippen LogP contribution in [0.15, 0.2) is 12.4 Å². The number of anilines is 1. The van der Waals surface area contributed by atoms with Crippen molar-refractivity contribution in [2.75, 3.05) is 50.9 Å². The Hall–Kier alpha value is -1.24. The summed E-state index contributed by atoms with van der Waals surface area (Å²) in [6.45, 7) is 7.82. The SMILES string of the molecule is CCN(CCO)Cc1cnc(N2CCOCC2)nc1. The molecule has 106 valence electrons. The molecule has 0 bridgehead atoms. The number of aliphatic hydroxyl groups is 1. The summed E-state index contributed by atoms with van der Waals surface area (Å²) < 4.78 is 5.31. The van der Waals surface area contributed by atoms with E-state index in [1.807, 2.05) is 12.4 Å². The van der Waals surface area contributed by atoms with Crippen molar-refractivity contribution >= 4 is 5.95 Å². The number of likely N-dealkylation sites (N-methyl/N-ethyl adjacent to an activating group) is 1. The van der Waals surface area contributed by atoms with Gasteiger partial charge in [0.1, 0.15) is 0 Å². The van der Waals surface area contributed by atoms with Gasteiger partial charge in [-0.05, 0) is 6.54 Å². The van der Waals surface area contributed by atoms with Crippen molar-refractivity contribution in [2.24, 2.45) is 0 Å². The summed E-state index contributed by atoms with van der Waals surface area (Å²) >= 11 is 0. The lowest BCUT2D eigenvalue weighted by molar-refractivity contribution is 0.122. The quantitative estimate of drug-likeness (QED) is 0.789. The highest BCUT2D eigenvalue weighted by Gasteiger charge is 2.13. The molecule has 0 radical (unpaired) electrons. The van der Waals surface area contributed by atoms with Gasteiger partial charge in [-0.2, -0.15) is 0 Å². The van der Waals surface area contributed by atoms with Crippen LogP contribution in [0.4, 0.5) is 5.95 Å². The summed E-state index contributed by atoms with van der Waals surface area (Å²) in [5.41, 5.74) is 1.08. The van der Waals surface area contributed by atoms with Crippen LogP contribution in [-0.4, -0.2) is 66.0 Å². The van der Waals surface area contributed by atoms with Gasteiger partial charge < -0.3 is 14.7 Å². The van der Waals surface area contributed by atoms with Crippen molar-refractivity contribution in [2.45, 2.75) is 13.5 Å². The second kappa shape index (κ2) is 7.37. The highest BCUT2D eigenvalue weighted by molar-refractivity contribution is 5.30. The summed E-state index contributed by atoms with van der Waals surface area (Å²) in [4.78, 5) is 13.1. The topological polar surface area (TPSA) is 61.7 Å². The molecule has 2 heterocycles. The van der Waals surface area contributed by atoms with Gasteiger partial charge in [0.25, 0.3) is 0 Å². The number of hydrogen-bond donors (Lipinski definition) is 1. The minimum Gasteiger partial charge on any atom is -0.395 e. The first kappa shape index (κ1) is 14.2. The predicted molar refractivity (Wildman–Crippen MR) is 73.1 cm³/mol. The Balaban J connectivity index is 1.93. The largest absolute Gasteiger partial charge is 0.395 e. The van der Waals surface area contributed by atoms with E-state index in [0.717, 1.165) is 50.9 Å². The standard InChI is InChI=1S/C13H22N4O2/c1-2-16(3-6-18)11-12-9-14-13(15-10-12)17-4-7-19-8-5-17/h9-10,18H,2-8,11H2,1H3. The molecular formula is C13H22N4O2. The Morgan fingerprint density at radius 3 is 2.58 bits per heavy atom. The molecule has 0 atom stereocenters. The summed E-state index contributed by atoms with van der Waals surface area (Å²) in [6, 6.07) is 0. The summed E-state index contributed by atoms with van der Waals surface area (Å²) in [7, 11) is 0. The van der Waals surface area contributed by atoms with Crippen LogP contribution in [0.5, 0.6) is 0 Å². The average molecular weight is 266 g/mol. The summed E-state index contributed by atoms with van der Waals surface area (Å²) in [5, 5.41) is 8.97. The first-order valence-corrected chi connectivity index (χ1v) is 6.80. The van der Waals surface area contributed by atoms with E-state index in [4.69, 9.17) is 9.84 Å². The van der Waals surface area contributed by atoms with Gasteiger partial charge in [0, 0.05) is 44.1 Å². The van der Waals surface area contributed by atoms with Crippen molar-refractivity contribution in [3.63, 3.8) is 0 Å². The van der Waals surface area contributed by atoms with Crippen LogP contribution in [-0.2, 0) is 11.3 Å². The van der Waals surface area contributed by atoms with Crippen molar-refractivity contribution in [1.29, 1.82) is 0 Å². The minimum atomic E-state index is 0.181. The number of hydrogen-bond acceptors (Lipinski definition) is 6. The fourth-order valence-electron chi connectivity index (χ4n) is 2.10. The van der Waals surface area contributed by atoms with E-state index in [0.29, 0.717) is 6.54 Å². The molecule has 0 spiro atoms. The van der Waals surface area contributed by atoms with Gasteiger partial charge in [-0.25, -0.2) is 9.97 Å². The van der Waals surface area contributed by atoms with Crippen LogP contribution in [0.3, 0.4) is 0 Å². The highest BCUT2D eigenvalue weighted by atomic mass is 16.5. The zero-order valence-corrected chi connectivity index (χ0v) is 11.5. The van der Waals surface area contributed by atoms with Crippen LogP contribution in [0.1, 0.15) is 12.5 Å². The molecule has 1 saturated heterocycles. The Morgan fingerprint density at radius 1 is 1.32 bits per heavy atom. The molecule has 0 aliphatic carbocycles. The lowest BCUT2D eigenvalue weighted by Gasteiger charge is -2.26. The van der Waals surface area contributed by atoms with E-state index < -0.39 is 0 Å². The maximum absolute atomic E-state index is 8.97.